The van der Waals surface area contributed by atoms with Crippen LogP contribution in [0.5, 0.6) is 0 Å². The van der Waals surface area contributed by atoms with Crippen molar-refractivity contribution in [3.05, 3.63) is 41.9 Å². The number of hydrogen-bond donors (Lipinski definition) is 4. The lowest BCUT2D eigenvalue weighted by Crippen LogP contribution is -2.58. The van der Waals surface area contributed by atoms with E-state index in [-0.39, 0.29) is 23.1 Å². The minimum Gasteiger partial charge on any atom is -0.380 e. The van der Waals surface area contributed by atoms with E-state index in [1.807, 2.05) is 14.2 Å². The molecule has 3 saturated carbocycles. The number of ether oxygens (including phenoxy) is 2. The first-order valence-electron chi connectivity index (χ1n) is 10.3. The summed E-state index contributed by atoms with van der Waals surface area (Å²) in [6.45, 7) is 3.64. The fourth-order valence-corrected chi connectivity index (χ4v) is 4.96. The van der Waals surface area contributed by atoms with Gasteiger partial charge in [-0.25, -0.2) is 0 Å². The van der Waals surface area contributed by atoms with Crippen LogP contribution in [0.25, 0.3) is 0 Å². The van der Waals surface area contributed by atoms with Crippen molar-refractivity contribution in [2.75, 3.05) is 20.8 Å². The van der Waals surface area contributed by atoms with E-state index in [9.17, 15) is 0 Å². The van der Waals surface area contributed by atoms with Crippen molar-refractivity contribution in [3.63, 3.8) is 0 Å². The van der Waals surface area contributed by atoms with Crippen LogP contribution in [0.1, 0.15) is 56.1 Å². The Hall–Kier alpha value is -1.63. The molecule has 3 fully saturated rings. The summed E-state index contributed by atoms with van der Waals surface area (Å²) in [5.41, 5.74) is 8.12. The zero-order valence-electron chi connectivity index (χ0n) is 17.2. The highest BCUT2D eigenvalue weighted by atomic mass is 16.5. The normalized spacial score (nSPS) is 29.0. The quantitative estimate of drug-likeness (QED) is 0.281. The minimum atomic E-state index is 0.0298. The van der Waals surface area contributed by atoms with Gasteiger partial charge in [0.1, 0.15) is 0 Å². The van der Waals surface area contributed by atoms with Gasteiger partial charge in [-0.05, 0) is 49.7 Å². The maximum atomic E-state index is 7.12. The number of hydrogen-bond acceptors (Lipinski definition) is 4. The highest BCUT2D eigenvalue weighted by molar-refractivity contribution is 5.74. The van der Waals surface area contributed by atoms with Crippen molar-refractivity contribution in [1.29, 1.82) is 5.41 Å². The molecule has 1 unspecified atom stereocenters. The number of nitrogens with one attached hydrogen (secondary N) is 3. The van der Waals surface area contributed by atoms with Crippen LogP contribution in [-0.2, 0) is 21.4 Å². The molecule has 0 heterocycles. The zero-order chi connectivity index (χ0) is 20.0. The van der Waals surface area contributed by atoms with E-state index < -0.39 is 0 Å². The van der Waals surface area contributed by atoms with Gasteiger partial charge in [-0.15, -0.1) is 0 Å². The van der Waals surface area contributed by atoms with Gasteiger partial charge >= 0.3 is 0 Å². The Bertz CT molecular complexity index is 638. The van der Waals surface area contributed by atoms with Crippen LogP contribution >= 0.6 is 0 Å². The van der Waals surface area contributed by atoms with Gasteiger partial charge in [0.05, 0.1) is 11.7 Å². The molecular formula is C22H35N4O2. The van der Waals surface area contributed by atoms with Gasteiger partial charge in [-0.2, -0.15) is 0 Å². The minimum absolute atomic E-state index is 0.0298. The van der Waals surface area contributed by atoms with Crippen molar-refractivity contribution >= 4 is 5.96 Å². The lowest BCUT2D eigenvalue weighted by Gasteiger charge is -2.56. The molecule has 0 amide bonds. The molecule has 1 aromatic rings. The maximum Gasteiger partial charge on any atom is 0.185 e. The number of nitrogens with two attached hydrogens (primary N) is 1. The van der Waals surface area contributed by atoms with Crippen LogP contribution in [0.15, 0.2) is 24.3 Å². The molecule has 3 aliphatic rings. The lowest BCUT2D eigenvalue weighted by atomic mass is 9.54. The van der Waals surface area contributed by atoms with E-state index in [0.29, 0.717) is 0 Å². The first-order valence-corrected chi connectivity index (χ1v) is 10.3. The first kappa shape index (κ1) is 21.1. The second-order valence-electron chi connectivity index (χ2n) is 8.24. The predicted octanol–water partition coefficient (Wildman–Crippen LogP) is 2.82. The molecule has 0 aromatic heterocycles. The standard InChI is InChI=1S/C22H35N4O2/c1-27-19-15-21(28-2)9-11-22(19,12-10-21)18-7-5-17(6-8-18)16-25-13-3-4-14-26-20(23)24/h5-8,13,19,25H,3-4,9-12,14-16H2,1-2H3,(H4,23,24,26). The van der Waals surface area contributed by atoms with Crippen molar-refractivity contribution in [2.45, 2.75) is 68.6 Å². The third-order valence-electron chi connectivity index (χ3n) is 6.76. The second kappa shape index (κ2) is 9.25. The fourth-order valence-electron chi connectivity index (χ4n) is 4.96. The summed E-state index contributed by atoms with van der Waals surface area (Å²) in [6.07, 6.45) is 7.65. The fraction of sp³-hybridized carbons (Fsp3) is 0.636. The average Bonchev–Trinajstić information content (AvgIpc) is 2.74. The number of methoxy groups -OCH3 is 2. The molecule has 3 aliphatic carbocycles. The van der Waals surface area contributed by atoms with E-state index in [1.54, 1.807) is 0 Å². The Balaban J connectivity index is 1.51. The van der Waals surface area contributed by atoms with Crippen LogP contribution in [0.4, 0.5) is 0 Å². The van der Waals surface area contributed by atoms with Crippen molar-refractivity contribution < 1.29 is 9.47 Å². The molecule has 6 heteroatoms. The van der Waals surface area contributed by atoms with Gasteiger partial charge in [0.25, 0.3) is 0 Å². The average molecular weight is 388 g/mol. The maximum absolute atomic E-state index is 7.12. The van der Waals surface area contributed by atoms with Crippen LogP contribution in [-0.4, -0.2) is 38.4 Å². The van der Waals surface area contributed by atoms with Crippen molar-refractivity contribution in [2.24, 2.45) is 5.73 Å². The number of benzene rings is 1. The Morgan fingerprint density at radius 3 is 2.54 bits per heavy atom. The summed E-state index contributed by atoms with van der Waals surface area (Å²) in [5.74, 6) is 0.0343. The SMILES string of the molecule is COC1CC2(OC)CCC1(c1ccc(CN[CH]CCCNC(=N)N)cc1)CC2. The summed E-state index contributed by atoms with van der Waals surface area (Å²) in [7, 11) is 3.69. The van der Waals surface area contributed by atoms with Crippen molar-refractivity contribution in [3.8, 4) is 0 Å². The van der Waals surface area contributed by atoms with Gasteiger partial charge in [0.15, 0.2) is 5.96 Å². The van der Waals surface area contributed by atoms with Gasteiger partial charge in [-0.3, -0.25) is 5.41 Å². The Morgan fingerprint density at radius 1 is 1.21 bits per heavy atom. The highest BCUT2D eigenvalue weighted by Crippen LogP contribution is 2.55. The molecule has 155 valence electrons. The molecule has 4 rings (SSSR count). The largest absolute Gasteiger partial charge is 0.380 e. The third-order valence-corrected chi connectivity index (χ3v) is 6.76. The van der Waals surface area contributed by atoms with Gasteiger partial charge in [0, 0.05) is 45.7 Å². The number of guanidine groups is 1. The van der Waals surface area contributed by atoms with Crippen molar-refractivity contribution in [1.82, 2.24) is 10.6 Å². The molecular weight excluding hydrogens is 352 g/mol. The summed E-state index contributed by atoms with van der Waals surface area (Å²) in [5, 5.41) is 13.3. The van der Waals surface area contributed by atoms with E-state index in [4.69, 9.17) is 20.6 Å². The molecule has 0 saturated heterocycles. The van der Waals surface area contributed by atoms with Crippen LogP contribution in [0, 0.1) is 12.0 Å². The van der Waals surface area contributed by atoms with Crippen LogP contribution in [0.2, 0.25) is 0 Å². The predicted molar refractivity (Wildman–Crippen MR) is 112 cm³/mol. The van der Waals surface area contributed by atoms with E-state index in [2.05, 4.69) is 41.4 Å². The van der Waals surface area contributed by atoms with Crippen LogP contribution in [0.3, 0.4) is 0 Å². The Kier molecular flexibility index (Phi) is 6.96. The molecule has 28 heavy (non-hydrogen) atoms. The second-order valence-corrected chi connectivity index (χ2v) is 8.24. The topological polar surface area (TPSA) is 92.4 Å². The molecule has 1 radical (unpaired) electrons. The van der Waals surface area contributed by atoms with Gasteiger partial charge < -0.3 is 25.8 Å². The van der Waals surface area contributed by atoms with E-state index in [0.717, 1.165) is 58.0 Å². The number of rotatable bonds is 10. The summed E-state index contributed by atoms with van der Waals surface area (Å²) in [6, 6.07) is 9.07. The van der Waals surface area contributed by atoms with E-state index in [1.165, 1.54) is 11.1 Å². The molecule has 0 spiro atoms. The number of unbranched alkanes of at least 4 members (excludes halogenated alkanes) is 1. The molecule has 1 aromatic carbocycles. The lowest BCUT2D eigenvalue weighted by molar-refractivity contribution is -0.157. The van der Waals surface area contributed by atoms with Gasteiger partial charge in [0.2, 0.25) is 0 Å². The summed E-state index contributed by atoms with van der Waals surface area (Å²) in [4.78, 5) is 0. The molecule has 1 atom stereocenters. The smallest absolute Gasteiger partial charge is 0.185 e. The van der Waals surface area contributed by atoms with E-state index >= 15 is 0 Å². The molecule has 5 N–H and O–H groups in total. The zero-order valence-corrected chi connectivity index (χ0v) is 17.2. The van der Waals surface area contributed by atoms with Gasteiger partial charge in [-0.1, -0.05) is 24.3 Å². The first-order chi connectivity index (χ1) is 13.5. The highest BCUT2D eigenvalue weighted by Gasteiger charge is 2.55. The molecule has 0 aliphatic heterocycles. The third kappa shape index (κ3) is 4.50. The Morgan fingerprint density at radius 2 is 1.93 bits per heavy atom. The summed E-state index contributed by atoms with van der Waals surface area (Å²) < 4.78 is 11.8. The Labute approximate surface area is 169 Å². The number of fused-ring (bicyclic) bond motifs is 3. The monoisotopic (exact) mass is 387 g/mol. The molecule has 6 nitrogen and oxygen atoms in total. The summed E-state index contributed by atoms with van der Waals surface area (Å²) >= 11 is 0. The van der Waals surface area contributed by atoms with Crippen LogP contribution < -0.4 is 16.4 Å². The molecule has 2 bridgehead atoms.